The van der Waals surface area contributed by atoms with Gasteiger partial charge in [0.25, 0.3) is 0 Å². The topological polar surface area (TPSA) is 47.6 Å². The highest BCUT2D eigenvalue weighted by Crippen LogP contribution is 2.30. The van der Waals surface area contributed by atoms with Crippen molar-refractivity contribution in [2.45, 2.75) is 46.5 Å². The van der Waals surface area contributed by atoms with E-state index in [1.54, 1.807) is 14.2 Å². The number of methoxy groups -OCH3 is 2. The van der Waals surface area contributed by atoms with Gasteiger partial charge in [-0.05, 0) is 43.4 Å². The Labute approximate surface area is 134 Å². The standard InChI is InChI=1S/C18H29NO3/c1-6-18(7-2,8-3)17(20)19-12-11-14-9-10-15(21-4)16(13-14)22-5/h9-10,13H,6-8,11-12H2,1-5H3,(H,19,20). The average Bonchev–Trinajstić information content (AvgIpc) is 2.56. The fourth-order valence-electron chi connectivity index (χ4n) is 2.78. The summed E-state index contributed by atoms with van der Waals surface area (Å²) in [5.74, 6) is 1.61. The van der Waals surface area contributed by atoms with Crippen molar-refractivity contribution < 1.29 is 14.3 Å². The molecule has 0 aliphatic rings. The molecule has 0 aliphatic carbocycles. The van der Waals surface area contributed by atoms with E-state index >= 15 is 0 Å². The largest absolute Gasteiger partial charge is 0.493 e. The van der Waals surface area contributed by atoms with E-state index in [2.05, 4.69) is 26.1 Å². The SMILES string of the molecule is CCC(CC)(CC)C(=O)NCCc1ccc(OC)c(OC)c1. The minimum absolute atomic E-state index is 0.167. The molecule has 0 bridgehead atoms. The van der Waals surface area contributed by atoms with Crippen LogP contribution >= 0.6 is 0 Å². The maximum atomic E-state index is 12.4. The number of hydrogen-bond donors (Lipinski definition) is 1. The summed E-state index contributed by atoms with van der Waals surface area (Å²) in [5, 5.41) is 3.08. The van der Waals surface area contributed by atoms with Gasteiger partial charge in [0.15, 0.2) is 11.5 Å². The third-order valence-electron chi connectivity index (χ3n) is 4.66. The van der Waals surface area contributed by atoms with Gasteiger partial charge in [0.1, 0.15) is 0 Å². The van der Waals surface area contributed by atoms with Crippen molar-refractivity contribution in [3.05, 3.63) is 23.8 Å². The van der Waals surface area contributed by atoms with Gasteiger partial charge in [-0.15, -0.1) is 0 Å². The van der Waals surface area contributed by atoms with Gasteiger partial charge in [0.05, 0.1) is 14.2 Å². The lowest BCUT2D eigenvalue weighted by Gasteiger charge is -2.28. The summed E-state index contributed by atoms with van der Waals surface area (Å²) in [6.45, 7) is 6.89. The van der Waals surface area contributed by atoms with E-state index < -0.39 is 0 Å². The van der Waals surface area contributed by atoms with Crippen LogP contribution in [0.5, 0.6) is 11.5 Å². The molecular formula is C18H29NO3. The normalized spacial score (nSPS) is 11.1. The second kappa shape index (κ2) is 8.66. The Morgan fingerprint density at radius 1 is 1.05 bits per heavy atom. The fraction of sp³-hybridized carbons (Fsp3) is 0.611. The molecule has 0 aromatic heterocycles. The molecule has 124 valence electrons. The van der Waals surface area contributed by atoms with Gasteiger partial charge >= 0.3 is 0 Å². The molecule has 0 unspecified atom stereocenters. The van der Waals surface area contributed by atoms with Gasteiger partial charge in [0, 0.05) is 12.0 Å². The molecule has 0 saturated heterocycles. The van der Waals surface area contributed by atoms with Crippen LogP contribution in [0.15, 0.2) is 18.2 Å². The van der Waals surface area contributed by atoms with E-state index in [9.17, 15) is 4.79 Å². The highest BCUT2D eigenvalue weighted by molar-refractivity contribution is 5.82. The molecule has 1 N–H and O–H groups in total. The van der Waals surface area contributed by atoms with Crippen LogP contribution in [0.4, 0.5) is 0 Å². The minimum atomic E-state index is -0.225. The van der Waals surface area contributed by atoms with E-state index in [1.165, 1.54) is 0 Å². The van der Waals surface area contributed by atoms with E-state index in [-0.39, 0.29) is 11.3 Å². The monoisotopic (exact) mass is 307 g/mol. The summed E-state index contributed by atoms with van der Waals surface area (Å²) in [4.78, 5) is 12.4. The number of hydrogen-bond acceptors (Lipinski definition) is 3. The van der Waals surface area contributed by atoms with E-state index in [1.807, 2.05) is 18.2 Å². The van der Waals surface area contributed by atoms with Crippen molar-refractivity contribution in [3.63, 3.8) is 0 Å². The maximum Gasteiger partial charge on any atom is 0.226 e. The maximum absolute atomic E-state index is 12.4. The zero-order valence-electron chi connectivity index (χ0n) is 14.5. The van der Waals surface area contributed by atoms with E-state index in [0.29, 0.717) is 6.54 Å². The van der Waals surface area contributed by atoms with Crippen LogP contribution in [0.3, 0.4) is 0 Å². The van der Waals surface area contributed by atoms with Crippen LogP contribution < -0.4 is 14.8 Å². The first kappa shape index (κ1) is 18.3. The molecule has 0 saturated carbocycles. The molecule has 22 heavy (non-hydrogen) atoms. The molecule has 4 heteroatoms. The summed E-state index contributed by atoms with van der Waals surface area (Å²) < 4.78 is 10.5. The Morgan fingerprint density at radius 3 is 2.14 bits per heavy atom. The number of nitrogens with one attached hydrogen (secondary N) is 1. The Hall–Kier alpha value is -1.71. The zero-order chi connectivity index (χ0) is 16.6. The molecule has 0 atom stereocenters. The lowest BCUT2D eigenvalue weighted by Crippen LogP contribution is -2.40. The molecule has 1 amide bonds. The van der Waals surface area contributed by atoms with Gasteiger partial charge in [-0.1, -0.05) is 26.8 Å². The van der Waals surface area contributed by atoms with Crippen LogP contribution in [-0.2, 0) is 11.2 Å². The second-order valence-corrected chi connectivity index (χ2v) is 5.54. The van der Waals surface area contributed by atoms with Crippen LogP contribution in [-0.4, -0.2) is 26.7 Å². The molecule has 1 rings (SSSR count). The van der Waals surface area contributed by atoms with Crippen molar-refractivity contribution >= 4 is 5.91 Å². The lowest BCUT2D eigenvalue weighted by molar-refractivity contribution is -0.131. The number of benzene rings is 1. The van der Waals surface area contributed by atoms with Crippen molar-refractivity contribution in [2.75, 3.05) is 20.8 Å². The van der Waals surface area contributed by atoms with Crippen molar-refractivity contribution in [1.82, 2.24) is 5.32 Å². The van der Waals surface area contributed by atoms with Crippen molar-refractivity contribution in [1.29, 1.82) is 0 Å². The first-order valence-electron chi connectivity index (χ1n) is 8.06. The number of amides is 1. The summed E-state index contributed by atoms with van der Waals surface area (Å²) in [6.07, 6.45) is 3.41. The Bertz CT molecular complexity index is 473. The predicted molar refractivity (Wildman–Crippen MR) is 89.6 cm³/mol. The van der Waals surface area contributed by atoms with Crippen molar-refractivity contribution in [2.24, 2.45) is 5.41 Å². The van der Waals surface area contributed by atoms with Gasteiger partial charge in [-0.25, -0.2) is 0 Å². The number of carbonyl (C=O) groups is 1. The summed E-state index contributed by atoms with van der Waals surface area (Å²) >= 11 is 0. The van der Waals surface area contributed by atoms with Crippen LogP contribution in [0, 0.1) is 5.41 Å². The smallest absolute Gasteiger partial charge is 0.226 e. The first-order valence-corrected chi connectivity index (χ1v) is 8.06. The summed E-state index contributed by atoms with van der Waals surface area (Å²) in [5.41, 5.74) is 0.894. The third kappa shape index (κ3) is 4.15. The third-order valence-corrected chi connectivity index (χ3v) is 4.66. The summed E-state index contributed by atoms with van der Waals surface area (Å²) in [6, 6.07) is 5.85. The van der Waals surface area contributed by atoms with E-state index in [0.717, 1.165) is 42.7 Å². The number of rotatable bonds is 9. The van der Waals surface area contributed by atoms with Gasteiger partial charge in [0.2, 0.25) is 5.91 Å². The molecule has 0 heterocycles. The zero-order valence-corrected chi connectivity index (χ0v) is 14.5. The molecule has 0 aliphatic heterocycles. The number of carbonyl (C=O) groups excluding carboxylic acids is 1. The molecule has 1 aromatic rings. The van der Waals surface area contributed by atoms with Crippen molar-refractivity contribution in [3.8, 4) is 11.5 Å². The Balaban J connectivity index is 2.62. The molecule has 1 aromatic carbocycles. The summed E-state index contributed by atoms with van der Waals surface area (Å²) in [7, 11) is 3.25. The van der Waals surface area contributed by atoms with Crippen LogP contribution in [0.25, 0.3) is 0 Å². The van der Waals surface area contributed by atoms with Gasteiger partial charge in [-0.3, -0.25) is 4.79 Å². The molecule has 0 fully saturated rings. The highest BCUT2D eigenvalue weighted by atomic mass is 16.5. The number of ether oxygens (including phenoxy) is 2. The van der Waals surface area contributed by atoms with Gasteiger partial charge < -0.3 is 14.8 Å². The van der Waals surface area contributed by atoms with Crippen LogP contribution in [0.2, 0.25) is 0 Å². The minimum Gasteiger partial charge on any atom is -0.493 e. The molecule has 4 nitrogen and oxygen atoms in total. The van der Waals surface area contributed by atoms with Gasteiger partial charge in [-0.2, -0.15) is 0 Å². The highest BCUT2D eigenvalue weighted by Gasteiger charge is 2.32. The fourth-order valence-corrected chi connectivity index (χ4v) is 2.78. The molecule has 0 spiro atoms. The average molecular weight is 307 g/mol. The first-order chi connectivity index (χ1) is 10.6. The molecular weight excluding hydrogens is 278 g/mol. The lowest BCUT2D eigenvalue weighted by atomic mass is 9.79. The molecule has 0 radical (unpaired) electrons. The second-order valence-electron chi connectivity index (χ2n) is 5.54. The van der Waals surface area contributed by atoms with E-state index in [4.69, 9.17) is 9.47 Å². The quantitative estimate of drug-likeness (QED) is 0.758. The Morgan fingerprint density at radius 2 is 1.64 bits per heavy atom. The Kier molecular flexibility index (Phi) is 7.22. The predicted octanol–water partition coefficient (Wildman–Crippen LogP) is 3.58. The van der Waals surface area contributed by atoms with Crippen LogP contribution in [0.1, 0.15) is 45.6 Å².